The van der Waals surface area contributed by atoms with Crippen molar-refractivity contribution in [1.82, 2.24) is 4.98 Å². The molecule has 0 atom stereocenters. The summed E-state index contributed by atoms with van der Waals surface area (Å²) in [6, 6.07) is 9.72. The van der Waals surface area contributed by atoms with Crippen LogP contribution in [-0.4, -0.2) is 17.0 Å². The van der Waals surface area contributed by atoms with E-state index in [9.17, 15) is 9.59 Å². The van der Waals surface area contributed by atoms with E-state index in [1.165, 1.54) is 0 Å². The molecule has 3 rings (SSSR count). The van der Waals surface area contributed by atoms with E-state index < -0.39 is 5.76 Å². The van der Waals surface area contributed by atoms with Crippen LogP contribution in [0.1, 0.15) is 24.2 Å². The molecule has 0 radical (unpaired) electrons. The minimum absolute atomic E-state index is 0.00628. The summed E-state index contributed by atoms with van der Waals surface area (Å²) in [6.07, 6.45) is 0.00628. The topological polar surface area (TPSA) is 84.3 Å². The number of carbonyl (C=O) groups is 1. The average molecular weight is 347 g/mol. The number of hydrogen-bond donors (Lipinski definition) is 2. The van der Waals surface area contributed by atoms with Crippen molar-refractivity contribution in [3.8, 4) is 5.75 Å². The molecule has 3 aromatic rings. The molecule has 124 valence electrons. The highest BCUT2D eigenvalue weighted by molar-refractivity contribution is 6.32. The van der Waals surface area contributed by atoms with Crippen LogP contribution in [0.2, 0.25) is 5.02 Å². The number of carbonyl (C=O) groups excluding carboxylic acids is 1. The molecule has 0 aliphatic carbocycles. The SMILES string of the molecule is CC(C)Oc1ccc(NC(=O)c2ccc3oc(=O)[nH]c3c2)cc1Cl. The largest absolute Gasteiger partial charge is 0.489 e. The van der Waals surface area contributed by atoms with E-state index in [-0.39, 0.29) is 12.0 Å². The number of nitrogens with one attached hydrogen (secondary N) is 2. The predicted octanol–water partition coefficient (Wildman–Crippen LogP) is 3.81. The van der Waals surface area contributed by atoms with E-state index in [1.807, 2.05) is 13.8 Å². The molecule has 1 aromatic heterocycles. The van der Waals surface area contributed by atoms with Crippen LogP contribution >= 0.6 is 11.6 Å². The van der Waals surface area contributed by atoms with Gasteiger partial charge in [0.25, 0.3) is 5.91 Å². The smallest absolute Gasteiger partial charge is 0.417 e. The van der Waals surface area contributed by atoms with Crippen LogP contribution in [0.5, 0.6) is 5.75 Å². The maximum Gasteiger partial charge on any atom is 0.417 e. The molecular weight excluding hydrogens is 332 g/mol. The normalized spacial score (nSPS) is 11.0. The molecule has 1 heterocycles. The summed E-state index contributed by atoms with van der Waals surface area (Å²) in [5.74, 6) is -0.329. The van der Waals surface area contributed by atoms with E-state index in [4.69, 9.17) is 20.8 Å². The Bertz CT molecular complexity index is 959. The third-order valence-electron chi connectivity index (χ3n) is 3.23. The van der Waals surface area contributed by atoms with Gasteiger partial charge in [0.05, 0.1) is 16.6 Å². The van der Waals surface area contributed by atoms with Gasteiger partial charge in [-0.15, -0.1) is 0 Å². The van der Waals surface area contributed by atoms with Gasteiger partial charge in [-0.2, -0.15) is 0 Å². The quantitative estimate of drug-likeness (QED) is 0.752. The second-order valence-corrected chi connectivity index (χ2v) is 5.90. The van der Waals surface area contributed by atoms with Crippen LogP contribution in [0.4, 0.5) is 5.69 Å². The van der Waals surface area contributed by atoms with E-state index in [0.29, 0.717) is 33.1 Å². The lowest BCUT2D eigenvalue weighted by atomic mass is 10.2. The first-order chi connectivity index (χ1) is 11.4. The lowest BCUT2D eigenvalue weighted by molar-refractivity contribution is 0.102. The van der Waals surface area contributed by atoms with Crippen molar-refractivity contribution in [2.75, 3.05) is 5.32 Å². The summed E-state index contributed by atoms with van der Waals surface area (Å²) in [4.78, 5) is 26.0. The number of hydrogen-bond acceptors (Lipinski definition) is 4. The summed E-state index contributed by atoms with van der Waals surface area (Å²) in [7, 11) is 0. The summed E-state index contributed by atoms with van der Waals surface area (Å²) in [5, 5.41) is 3.16. The molecule has 1 amide bonds. The number of rotatable bonds is 4. The van der Waals surface area contributed by atoms with Gasteiger partial charge in [0, 0.05) is 11.3 Å². The van der Waals surface area contributed by atoms with Crippen molar-refractivity contribution in [1.29, 1.82) is 0 Å². The zero-order chi connectivity index (χ0) is 17.3. The summed E-state index contributed by atoms with van der Waals surface area (Å²) >= 11 is 6.16. The van der Waals surface area contributed by atoms with Crippen molar-refractivity contribution in [3.63, 3.8) is 0 Å². The van der Waals surface area contributed by atoms with Crippen molar-refractivity contribution in [2.45, 2.75) is 20.0 Å². The van der Waals surface area contributed by atoms with Crippen LogP contribution in [0.3, 0.4) is 0 Å². The number of benzene rings is 2. The van der Waals surface area contributed by atoms with E-state index >= 15 is 0 Å². The van der Waals surface area contributed by atoms with Crippen LogP contribution in [0.25, 0.3) is 11.1 Å². The Morgan fingerprint density at radius 1 is 1.25 bits per heavy atom. The molecule has 2 N–H and O–H groups in total. The minimum atomic E-state index is -0.560. The van der Waals surface area contributed by atoms with Gasteiger partial charge in [0.2, 0.25) is 0 Å². The Balaban J connectivity index is 1.80. The van der Waals surface area contributed by atoms with Gasteiger partial charge >= 0.3 is 5.76 Å². The number of oxazole rings is 1. The number of H-pyrrole nitrogens is 1. The molecule has 2 aromatic carbocycles. The van der Waals surface area contributed by atoms with E-state index in [1.54, 1.807) is 36.4 Å². The highest BCUT2D eigenvalue weighted by Gasteiger charge is 2.11. The van der Waals surface area contributed by atoms with Gasteiger partial charge in [-0.25, -0.2) is 4.79 Å². The Morgan fingerprint density at radius 3 is 2.75 bits per heavy atom. The molecule has 0 bridgehead atoms. The summed E-state index contributed by atoms with van der Waals surface area (Å²) in [6.45, 7) is 3.81. The third kappa shape index (κ3) is 3.44. The molecule has 24 heavy (non-hydrogen) atoms. The second kappa shape index (κ2) is 6.41. The van der Waals surface area contributed by atoms with Crippen molar-refractivity contribution in [3.05, 3.63) is 57.5 Å². The first-order valence-electron chi connectivity index (χ1n) is 7.33. The number of fused-ring (bicyclic) bond motifs is 1. The standard InChI is InChI=1S/C17H15ClN2O4/c1-9(2)23-14-6-4-11(8-12(14)18)19-16(21)10-3-5-15-13(7-10)20-17(22)24-15/h3-9H,1-2H3,(H,19,21)(H,20,22). The molecule has 0 saturated carbocycles. The highest BCUT2D eigenvalue weighted by atomic mass is 35.5. The monoisotopic (exact) mass is 346 g/mol. The molecule has 0 fully saturated rings. The highest BCUT2D eigenvalue weighted by Crippen LogP contribution is 2.28. The predicted molar refractivity (Wildman–Crippen MR) is 92.0 cm³/mol. The Kier molecular flexibility index (Phi) is 4.31. The maximum atomic E-state index is 12.3. The fraction of sp³-hybridized carbons (Fsp3) is 0.176. The third-order valence-corrected chi connectivity index (χ3v) is 3.53. The van der Waals surface area contributed by atoms with E-state index in [2.05, 4.69) is 10.3 Å². The number of aromatic amines is 1. The Hall–Kier alpha value is -2.73. The van der Waals surface area contributed by atoms with Crippen molar-refractivity contribution < 1.29 is 13.9 Å². The average Bonchev–Trinajstić information content (AvgIpc) is 2.88. The fourth-order valence-corrected chi connectivity index (χ4v) is 2.45. The van der Waals surface area contributed by atoms with Gasteiger partial charge < -0.3 is 14.5 Å². The lowest BCUT2D eigenvalue weighted by Gasteiger charge is -2.12. The van der Waals surface area contributed by atoms with Gasteiger partial charge in [-0.05, 0) is 50.2 Å². The van der Waals surface area contributed by atoms with Crippen LogP contribution in [0.15, 0.2) is 45.6 Å². The van der Waals surface area contributed by atoms with Gasteiger partial charge in [-0.1, -0.05) is 11.6 Å². The Morgan fingerprint density at radius 2 is 2.04 bits per heavy atom. The van der Waals surface area contributed by atoms with Crippen molar-refractivity contribution >= 4 is 34.3 Å². The van der Waals surface area contributed by atoms with E-state index in [0.717, 1.165) is 0 Å². The fourth-order valence-electron chi connectivity index (χ4n) is 2.22. The van der Waals surface area contributed by atoms with Gasteiger partial charge in [0.1, 0.15) is 5.75 Å². The Labute approximate surface area is 142 Å². The second-order valence-electron chi connectivity index (χ2n) is 5.49. The number of anilines is 1. The number of halogens is 1. The molecule has 0 spiro atoms. The molecule has 0 unspecified atom stereocenters. The molecule has 0 aliphatic heterocycles. The molecule has 0 aliphatic rings. The molecule has 6 nitrogen and oxygen atoms in total. The molecular formula is C17H15ClN2O4. The summed E-state index contributed by atoms with van der Waals surface area (Å²) in [5.41, 5.74) is 1.79. The number of amides is 1. The van der Waals surface area contributed by atoms with Crippen molar-refractivity contribution in [2.24, 2.45) is 0 Å². The van der Waals surface area contributed by atoms with Crippen LogP contribution < -0.4 is 15.8 Å². The zero-order valence-electron chi connectivity index (χ0n) is 13.1. The molecule has 7 heteroatoms. The van der Waals surface area contributed by atoms with Gasteiger partial charge in [-0.3, -0.25) is 9.78 Å². The minimum Gasteiger partial charge on any atom is -0.489 e. The first-order valence-corrected chi connectivity index (χ1v) is 7.70. The van der Waals surface area contributed by atoms with Crippen LogP contribution in [0, 0.1) is 0 Å². The first kappa shape index (κ1) is 16.1. The van der Waals surface area contributed by atoms with Crippen LogP contribution in [-0.2, 0) is 0 Å². The van der Waals surface area contributed by atoms with Gasteiger partial charge in [0.15, 0.2) is 5.58 Å². The zero-order valence-corrected chi connectivity index (χ0v) is 13.8. The maximum absolute atomic E-state index is 12.3. The summed E-state index contributed by atoms with van der Waals surface area (Å²) < 4.78 is 10.5. The number of aromatic nitrogens is 1. The number of ether oxygens (including phenoxy) is 1. The molecule has 0 saturated heterocycles. The lowest BCUT2D eigenvalue weighted by Crippen LogP contribution is -2.12.